The van der Waals surface area contributed by atoms with Crippen LogP contribution in [0.5, 0.6) is 0 Å². The number of anilines is 2. The summed E-state index contributed by atoms with van der Waals surface area (Å²) in [7, 11) is 0. The number of hydrogen-bond acceptors (Lipinski definition) is 5. The number of rotatable bonds is 9. The fraction of sp³-hybridized carbons (Fsp3) is 0.357. The molecule has 0 bridgehead atoms. The Balaban J connectivity index is 1.60. The van der Waals surface area contributed by atoms with Gasteiger partial charge in [0.1, 0.15) is 10.9 Å². The molecule has 2 aliphatic heterocycles. The molecule has 6 nitrogen and oxygen atoms in total. The summed E-state index contributed by atoms with van der Waals surface area (Å²) in [4.78, 5) is 43.5. The maximum atomic E-state index is 13.6. The third kappa shape index (κ3) is 5.25. The maximum absolute atomic E-state index is 13.6. The van der Waals surface area contributed by atoms with Gasteiger partial charge in [0.2, 0.25) is 5.91 Å². The van der Waals surface area contributed by atoms with Crippen LogP contribution < -0.4 is 10.2 Å². The van der Waals surface area contributed by atoms with Gasteiger partial charge >= 0.3 is 0 Å². The van der Waals surface area contributed by atoms with E-state index in [0.717, 1.165) is 31.2 Å². The van der Waals surface area contributed by atoms with E-state index in [1.165, 1.54) is 16.7 Å². The Morgan fingerprint density at radius 3 is 2.47 bits per heavy atom. The molecule has 8 heteroatoms. The Morgan fingerprint density at radius 2 is 1.75 bits per heavy atom. The lowest BCUT2D eigenvalue weighted by Crippen LogP contribution is -2.36. The van der Waals surface area contributed by atoms with Crippen LogP contribution in [-0.4, -0.2) is 40.0 Å². The molecule has 0 spiro atoms. The average Bonchev–Trinajstić information content (AvgIpc) is 3.30. The quantitative estimate of drug-likeness (QED) is 0.335. The number of para-hydroxylation sites is 2. The topological polar surface area (TPSA) is 69.7 Å². The Morgan fingerprint density at radius 1 is 1.03 bits per heavy atom. The number of hydrogen-bond donors (Lipinski definition) is 1. The molecule has 36 heavy (non-hydrogen) atoms. The lowest BCUT2D eigenvalue weighted by molar-refractivity contribution is -0.123. The van der Waals surface area contributed by atoms with E-state index in [0.29, 0.717) is 44.2 Å². The lowest BCUT2D eigenvalue weighted by Gasteiger charge is -2.21. The van der Waals surface area contributed by atoms with Gasteiger partial charge in [0.15, 0.2) is 0 Å². The lowest BCUT2D eigenvalue weighted by atomic mass is 9.98. The number of carbonyl (C=O) groups excluding carboxylic acids is 3. The SMILES string of the molecule is CCCC[C@@H](CC)CN1C(=O)/C(=C2/C(=O)N(CC(=O)Nc3ccccc3C)c3ccccc32)SC1=S. The number of aryl methyl sites for hydroxylation is 1. The zero-order chi connectivity index (χ0) is 25.8. The van der Waals surface area contributed by atoms with Crippen LogP contribution in [0.2, 0.25) is 0 Å². The maximum Gasteiger partial charge on any atom is 0.267 e. The standard InChI is InChI=1S/C28H31N3O3S2/c1-4-6-12-19(5-2)16-31-27(34)25(36-28(31)35)24-20-13-8-10-15-22(20)30(26(24)33)17-23(32)29-21-14-9-7-11-18(21)3/h7-11,13-15,19H,4-6,12,16-17H2,1-3H3,(H,29,32)/b25-24-/t19-/m1/s1. The number of nitrogens with zero attached hydrogens (tertiary/aromatic N) is 2. The number of thiocarbonyl (C=S) groups is 1. The Hall–Kier alpha value is -2.97. The molecule has 1 saturated heterocycles. The molecule has 3 amide bonds. The number of unbranched alkanes of at least 4 members (excludes halogenated alkanes) is 1. The molecule has 1 fully saturated rings. The van der Waals surface area contributed by atoms with Gasteiger partial charge in [0.25, 0.3) is 11.8 Å². The molecule has 1 N–H and O–H groups in total. The molecule has 2 heterocycles. The molecule has 4 rings (SSSR count). The van der Waals surface area contributed by atoms with Crippen molar-refractivity contribution >= 4 is 63.0 Å². The molecule has 0 saturated carbocycles. The van der Waals surface area contributed by atoms with Crippen molar-refractivity contribution in [3.05, 3.63) is 64.6 Å². The largest absolute Gasteiger partial charge is 0.324 e. The van der Waals surface area contributed by atoms with E-state index < -0.39 is 0 Å². The summed E-state index contributed by atoms with van der Waals surface area (Å²) in [5.41, 5.74) is 3.25. The van der Waals surface area contributed by atoms with Gasteiger partial charge in [-0.05, 0) is 37.0 Å². The second kappa shape index (κ2) is 11.4. The van der Waals surface area contributed by atoms with Crippen molar-refractivity contribution in [2.24, 2.45) is 5.92 Å². The average molecular weight is 522 g/mol. The molecule has 0 aromatic heterocycles. The first kappa shape index (κ1) is 26.1. The van der Waals surface area contributed by atoms with Gasteiger partial charge in [-0.15, -0.1) is 0 Å². The van der Waals surface area contributed by atoms with Crippen LogP contribution >= 0.6 is 24.0 Å². The summed E-state index contributed by atoms with van der Waals surface area (Å²) in [6.45, 7) is 6.62. The van der Waals surface area contributed by atoms with E-state index in [-0.39, 0.29) is 24.3 Å². The molecule has 0 aliphatic carbocycles. The van der Waals surface area contributed by atoms with Crippen molar-refractivity contribution in [3.63, 3.8) is 0 Å². The predicted octanol–water partition coefficient (Wildman–Crippen LogP) is 5.77. The van der Waals surface area contributed by atoms with Crippen LogP contribution in [0.1, 0.15) is 50.7 Å². The summed E-state index contributed by atoms with van der Waals surface area (Å²) in [6, 6.07) is 14.8. The van der Waals surface area contributed by atoms with Crippen LogP contribution in [0.3, 0.4) is 0 Å². The number of thioether (sulfide) groups is 1. The minimum absolute atomic E-state index is 0.150. The molecular weight excluding hydrogens is 490 g/mol. The predicted molar refractivity (Wildman–Crippen MR) is 151 cm³/mol. The summed E-state index contributed by atoms with van der Waals surface area (Å²) >= 11 is 6.76. The minimum atomic E-state index is -0.352. The normalized spacial score (nSPS) is 18.1. The van der Waals surface area contributed by atoms with Gasteiger partial charge in [0, 0.05) is 17.8 Å². The van der Waals surface area contributed by atoms with Crippen molar-refractivity contribution < 1.29 is 14.4 Å². The zero-order valence-electron chi connectivity index (χ0n) is 20.9. The van der Waals surface area contributed by atoms with Gasteiger partial charge in [0.05, 0.1) is 16.2 Å². The van der Waals surface area contributed by atoms with Crippen LogP contribution in [0.4, 0.5) is 11.4 Å². The summed E-state index contributed by atoms with van der Waals surface area (Å²) in [6.07, 6.45) is 4.23. The molecule has 0 unspecified atom stereocenters. The molecule has 2 aliphatic rings. The van der Waals surface area contributed by atoms with Crippen molar-refractivity contribution in [1.82, 2.24) is 4.90 Å². The molecule has 2 aromatic carbocycles. The van der Waals surface area contributed by atoms with E-state index in [2.05, 4.69) is 19.2 Å². The molecule has 2 aromatic rings. The fourth-order valence-corrected chi connectivity index (χ4v) is 5.93. The highest BCUT2D eigenvalue weighted by atomic mass is 32.2. The summed E-state index contributed by atoms with van der Waals surface area (Å²) in [5, 5.41) is 2.89. The van der Waals surface area contributed by atoms with Crippen molar-refractivity contribution in [1.29, 1.82) is 0 Å². The number of benzene rings is 2. The van der Waals surface area contributed by atoms with Gasteiger partial charge < -0.3 is 5.32 Å². The zero-order valence-corrected chi connectivity index (χ0v) is 22.5. The number of fused-ring (bicyclic) bond motifs is 1. The van der Waals surface area contributed by atoms with E-state index in [9.17, 15) is 14.4 Å². The van der Waals surface area contributed by atoms with E-state index >= 15 is 0 Å². The van der Waals surface area contributed by atoms with Crippen molar-refractivity contribution in [2.45, 2.75) is 46.5 Å². The van der Waals surface area contributed by atoms with Gasteiger partial charge in [-0.2, -0.15) is 0 Å². The second-order valence-corrected chi connectivity index (χ2v) is 10.8. The smallest absolute Gasteiger partial charge is 0.267 e. The molecule has 1 atom stereocenters. The third-order valence-electron chi connectivity index (χ3n) is 6.70. The highest BCUT2D eigenvalue weighted by Crippen LogP contribution is 2.44. The number of nitrogens with one attached hydrogen (secondary N) is 1. The monoisotopic (exact) mass is 521 g/mol. The first-order chi connectivity index (χ1) is 17.3. The van der Waals surface area contributed by atoms with E-state index in [1.807, 2.05) is 49.4 Å². The third-order valence-corrected chi connectivity index (χ3v) is 8.15. The Bertz CT molecular complexity index is 1240. The van der Waals surface area contributed by atoms with Crippen LogP contribution in [0.15, 0.2) is 53.4 Å². The highest BCUT2D eigenvalue weighted by molar-refractivity contribution is 8.26. The summed E-state index contributed by atoms with van der Waals surface area (Å²) < 4.78 is 0.485. The van der Waals surface area contributed by atoms with E-state index in [1.54, 1.807) is 11.0 Å². The number of amides is 3. The van der Waals surface area contributed by atoms with Crippen LogP contribution in [0, 0.1) is 12.8 Å². The highest BCUT2D eigenvalue weighted by Gasteiger charge is 2.42. The first-order valence-corrected chi connectivity index (χ1v) is 13.6. The Kier molecular flexibility index (Phi) is 8.26. The van der Waals surface area contributed by atoms with Gasteiger partial charge in [-0.3, -0.25) is 24.2 Å². The molecule has 0 radical (unpaired) electrons. The van der Waals surface area contributed by atoms with Gasteiger partial charge in [-0.1, -0.05) is 93.5 Å². The second-order valence-electron chi connectivity index (χ2n) is 9.18. The Labute approximate surface area is 222 Å². The van der Waals surface area contributed by atoms with Crippen LogP contribution in [0.25, 0.3) is 5.57 Å². The number of carbonyl (C=O) groups is 3. The van der Waals surface area contributed by atoms with Crippen LogP contribution in [-0.2, 0) is 14.4 Å². The fourth-order valence-electron chi connectivity index (χ4n) is 4.59. The minimum Gasteiger partial charge on any atom is -0.324 e. The molecular formula is C28H31N3O3S2. The first-order valence-electron chi connectivity index (χ1n) is 12.4. The summed E-state index contributed by atoms with van der Waals surface area (Å²) in [5.74, 6) is -0.507. The van der Waals surface area contributed by atoms with E-state index in [4.69, 9.17) is 12.2 Å². The molecule has 188 valence electrons. The van der Waals surface area contributed by atoms with Crippen molar-refractivity contribution in [3.8, 4) is 0 Å². The van der Waals surface area contributed by atoms with Gasteiger partial charge in [-0.25, -0.2) is 0 Å². The van der Waals surface area contributed by atoms with Crippen molar-refractivity contribution in [2.75, 3.05) is 23.3 Å².